The Hall–Kier alpha value is -3.81. The summed E-state index contributed by atoms with van der Waals surface area (Å²) < 4.78 is 0. The second-order valence-electron chi connectivity index (χ2n) is 10.1. The Labute approximate surface area is 241 Å². The summed E-state index contributed by atoms with van der Waals surface area (Å²) in [5, 5.41) is 7.47. The van der Waals surface area contributed by atoms with E-state index in [1.165, 1.54) is 0 Å². The molecule has 1 aliphatic rings. The highest BCUT2D eigenvalue weighted by Crippen LogP contribution is 2.27. The summed E-state index contributed by atoms with van der Waals surface area (Å²) >= 11 is 0. The van der Waals surface area contributed by atoms with Gasteiger partial charge in [-0.25, -0.2) is 4.98 Å². The summed E-state index contributed by atoms with van der Waals surface area (Å²) in [6.45, 7) is 4.56. The number of hydrogen-bond acceptors (Lipinski definition) is 5. The largest absolute Gasteiger partial charge is 0.356 e. The van der Waals surface area contributed by atoms with Crippen LogP contribution in [0.2, 0.25) is 0 Å². The molecule has 40 heavy (non-hydrogen) atoms. The Morgan fingerprint density at radius 2 is 1.77 bits per heavy atom. The maximum atomic E-state index is 14.1. The van der Waals surface area contributed by atoms with E-state index in [9.17, 15) is 9.59 Å². The molecule has 0 spiro atoms. The molecule has 1 fully saturated rings. The smallest absolute Gasteiger partial charge is 0.254 e. The van der Waals surface area contributed by atoms with Crippen molar-refractivity contribution in [2.45, 2.75) is 38.6 Å². The molecule has 4 aromatic rings. The molecule has 5 rings (SSSR count). The van der Waals surface area contributed by atoms with E-state index in [1.807, 2.05) is 66.4 Å². The minimum atomic E-state index is -0.0259. The number of fused-ring (bicyclic) bond motifs is 1. The van der Waals surface area contributed by atoms with Gasteiger partial charge in [0.1, 0.15) is 0 Å². The van der Waals surface area contributed by atoms with Gasteiger partial charge in [0, 0.05) is 55.4 Å². The Morgan fingerprint density at radius 1 is 0.950 bits per heavy atom. The SMILES string of the molecule is Cc1ccc2nc(-c3cccnc3)cc(C(=O)N3CCCCNC(c4ccccc4)CC(=O)NCCC3)c2c1.Cl. The molecular formula is C32H36ClN5O2. The van der Waals surface area contributed by atoms with E-state index in [1.54, 1.807) is 12.4 Å². The normalized spacial score (nSPS) is 17.1. The van der Waals surface area contributed by atoms with Gasteiger partial charge >= 0.3 is 0 Å². The number of benzene rings is 2. The van der Waals surface area contributed by atoms with Gasteiger partial charge in [-0.05, 0) is 68.6 Å². The molecule has 2 amide bonds. The van der Waals surface area contributed by atoms with Crippen LogP contribution in [0.1, 0.15) is 53.2 Å². The fourth-order valence-corrected chi connectivity index (χ4v) is 5.12. The number of hydrogen-bond donors (Lipinski definition) is 2. The molecule has 0 radical (unpaired) electrons. The van der Waals surface area contributed by atoms with Crippen LogP contribution in [0.5, 0.6) is 0 Å². The van der Waals surface area contributed by atoms with Crippen LogP contribution in [-0.2, 0) is 4.79 Å². The summed E-state index contributed by atoms with van der Waals surface area (Å²) in [6.07, 6.45) is 6.37. The lowest BCUT2D eigenvalue weighted by Gasteiger charge is -2.24. The Balaban J connectivity index is 0.00000370. The van der Waals surface area contributed by atoms with Gasteiger partial charge < -0.3 is 15.5 Å². The van der Waals surface area contributed by atoms with Gasteiger partial charge in [-0.2, -0.15) is 0 Å². The van der Waals surface area contributed by atoms with E-state index in [0.29, 0.717) is 38.0 Å². The van der Waals surface area contributed by atoms with Crippen molar-refractivity contribution in [3.63, 3.8) is 0 Å². The first-order chi connectivity index (χ1) is 19.1. The maximum Gasteiger partial charge on any atom is 0.254 e. The van der Waals surface area contributed by atoms with E-state index in [2.05, 4.69) is 27.8 Å². The fraction of sp³-hybridized carbons (Fsp3) is 0.312. The van der Waals surface area contributed by atoms with E-state index in [4.69, 9.17) is 4.98 Å². The van der Waals surface area contributed by atoms with Gasteiger partial charge in [-0.3, -0.25) is 14.6 Å². The highest BCUT2D eigenvalue weighted by Gasteiger charge is 2.21. The van der Waals surface area contributed by atoms with Gasteiger partial charge in [-0.1, -0.05) is 42.0 Å². The topological polar surface area (TPSA) is 87.2 Å². The number of nitrogens with zero attached hydrogens (tertiary/aromatic N) is 3. The van der Waals surface area contributed by atoms with Crippen LogP contribution < -0.4 is 10.6 Å². The molecular weight excluding hydrogens is 522 g/mol. The maximum absolute atomic E-state index is 14.1. The third-order valence-corrected chi connectivity index (χ3v) is 7.20. The number of carbonyl (C=O) groups excluding carboxylic acids is 2. The lowest BCUT2D eigenvalue weighted by molar-refractivity contribution is -0.121. The van der Waals surface area contributed by atoms with Crippen LogP contribution in [0.15, 0.2) is 79.1 Å². The molecule has 1 atom stereocenters. The number of nitrogens with one attached hydrogen (secondary N) is 2. The Bertz CT molecular complexity index is 1430. The molecule has 0 aliphatic carbocycles. The number of carbonyl (C=O) groups is 2. The van der Waals surface area contributed by atoms with Crippen LogP contribution in [0.25, 0.3) is 22.2 Å². The Kier molecular flexibility index (Phi) is 10.2. The zero-order chi connectivity index (χ0) is 27.0. The number of amides is 2. The number of halogens is 1. The van der Waals surface area contributed by atoms with E-state index in [0.717, 1.165) is 52.7 Å². The van der Waals surface area contributed by atoms with Crippen LogP contribution in [-0.4, -0.2) is 52.9 Å². The lowest BCUT2D eigenvalue weighted by Crippen LogP contribution is -2.35. The third kappa shape index (κ3) is 7.23. The minimum Gasteiger partial charge on any atom is -0.356 e. The summed E-state index contributed by atoms with van der Waals surface area (Å²) in [7, 11) is 0. The summed E-state index contributed by atoms with van der Waals surface area (Å²) in [6, 6.07) is 21.9. The van der Waals surface area contributed by atoms with Crippen molar-refractivity contribution in [1.29, 1.82) is 0 Å². The first-order valence-corrected chi connectivity index (χ1v) is 13.7. The van der Waals surface area contributed by atoms with E-state index >= 15 is 0 Å². The van der Waals surface area contributed by atoms with Crippen LogP contribution in [0.4, 0.5) is 0 Å². The lowest BCUT2D eigenvalue weighted by atomic mass is 10.0. The molecule has 0 bridgehead atoms. The molecule has 0 saturated carbocycles. The number of rotatable bonds is 3. The van der Waals surface area contributed by atoms with Gasteiger partial charge in [0.15, 0.2) is 0 Å². The van der Waals surface area contributed by atoms with Crippen molar-refractivity contribution < 1.29 is 9.59 Å². The number of aryl methyl sites for hydroxylation is 1. The van der Waals surface area contributed by atoms with Crippen molar-refractivity contribution in [2.24, 2.45) is 0 Å². The molecule has 3 heterocycles. The van der Waals surface area contributed by atoms with Crippen molar-refractivity contribution in [1.82, 2.24) is 25.5 Å². The first kappa shape index (κ1) is 29.2. The molecule has 1 saturated heterocycles. The van der Waals surface area contributed by atoms with E-state index in [-0.39, 0.29) is 30.3 Å². The average molecular weight is 558 g/mol. The molecule has 8 heteroatoms. The number of aromatic nitrogens is 2. The minimum absolute atomic E-state index is 0. The summed E-state index contributed by atoms with van der Waals surface area (Å²) in [5.41, 5.74) is 5.25. The van der Waals surface area contributed by atoms with Gasteiger partial charge in [-0.15, -0.1) is 12.4 Å². The zero-order valence-electron chi connectivity index (χ0n) is 22.8. The average Bonchev–Trinajstić information content (AvgIpc) is 2.99. The standard InChI is InChI=1S/C32H35N5O2.ClH/c1-23-12-13-28-26(19-23)27(20-30(36-28)25-11-7-14-33-22-25)32(39)37-17-6-5-15-34-29(24-9-3-2-4-10-24)21-31(38)35-16-8-18-37;/h2-4,7,9-14,19-20,22,29,34H,5-6,8,15-18,21H2,1H3,(H,35,38);1H. The molecule has 2 aromatic carbocycles. The highest BCUT2D eigenvalue weighted by atomic mass is 35.5. The summed E-state index contributed by atoms with van der Waals surface area (Å²) in [4.78, 5) is 37.8. The van der Waals surface area contributed by atoms with E-state index < -0.39 is 0 Å². The van der Waals surface area contributed by atoms with Gasteiger partial charge in [0.2, 0.25) is 5.91 Å². The fourth-order valence-electron chi connectivity index (χ4n) is 5.12. The van der Waals surface area contributed by atoms with Crippen molar-refractivity contribution >= 4 is 35.1 Å². The molecule has 2 N–H and O–H groups in total. The predicted molar refractivity (Wildman–Crippen MR) is 162 cm³/mol. The van der Waals surface area contributed by atoms with Crippen LogP contribution in [0, 0.1) is 6.92 Å². The first-order valence-electron chi connectivity index (χ1n) is 13.7. The predicted octanol–water partition coefficient (Wildman–Crippen LogP) is 5.49. The quantitative estimate of drug-likeness (QED) is 0.348. The summed E-state index contributed by atoms with van der Waals surface area (Å²) in [5.74, 6) is 0.0136. The Morgan fingerprint density at radius 3 is 2.58 bits per heavy atom. The highest BCUT2D eigenvalue weighted by molar-refractivity contribution is 6.07. The van der Waals surface area contributed by atoms with Crippen molar-refractivity contribution in [3.05, 3.63) is 95.8 Å². The van der Waals surface area contributed by atoms with Crippen LogP contribution in [0.3, 0.4) is 0 Å². The van der Waals surface area contributed by atoms with Crippen molar-refractivity contribution in [3.8, 4) is 11.3 Å². The number of pyridine rings is 2. The van der Waals surface area contributed by atoms with Gasteiger partial charge in [0.05, 0.1) is 16.8 Å². The third-order valence-electron chi connectivity index (χ3n) is 7.20. The molecule has 2 aromatic heterocycles. The van der Waals surface area contributed by atoms with Crippen LogP contribution >= 0.6 is 12.4 Å². The molecule has 7 nitrogen and oxygen atoms in total. The van der Waals surface area contributed by atoms with Crippen molar-refractivity contribution in [2.75, 3.05) is 26.2 Å². The molecule has 208 valence electrons. The van der Waals surface area contributed by atoms with Gasteiger partial charge in [0.25, 0.3) is 5.91 Å². The molecule has 1 unspecified atom stereocenters. The second kappa shape index (κ2) is 14.0. The zero-order valence-corrected chi connectivity index (χ0v) is 23.6. The second-order valence-corrected chi connectivity index (χ2v) is 10.1. The molecule has 1 aliphatic heterocycles. The monoisotopic (exact) mass is 557 g/mol.